The number of carboxylic acids is 1. The molecule has 0 radical (unpaired) electrons. The number of aromatic hydroxyl groups is 1. The Morgan fingerprint density at radius 2 is 1.71 bits per heavy atom. The molecule has 2 amide bonds. The quantitative estimate of drug-likeness (QED) is 0.1000. The highest BCUT2D eigenvalue weighted by Gasteiger charge is 2.30. The van der Waals surface area contributed by atoms with E-state index in [1.54, 1.807) is 12.1 Å². The molecule has 0 heterocycles. The van der Waals surface area contributed by atoms with E-state index in [-0.39, 0.29) is 31.1 Å². The summed E-state index contributed by atoms with van der Waals surface area (Å²) in [5, 5.41) is 32.8. The molecule has 12 nitrogen and oxygen atoms in total. The smallest absolute Gasteiger partial charge is 0.328 e. The van der Waals surface area contributed by atoms with E-state index in [0.717, 1.165) is 0 Å². The Morgan fingerprint density at radius 1 is 1.10 bits per heavy atom. The van der Waals surface area contributed by atoms with Crippen LogP contribution in [0.4, 0.5) is 0 Å². The molecule has 0 spiro atoms. The minimum atomic E-state index is -1.55. The van der Waals surface area contributed by atoms with Crippen molar-refractivity contribution in [1.82, 2.24) is 10.6 Å². The van der Waals surface area contributed by atoms with Crippen molar-refractivity contribution in [3.8, 4) is 5.75 Å². The minimum absolute atomic E-state index is 0.0744. The maximum absolute atomic E-state index is 12.6. The number of aliphatic hydroxyl groups is 1. The number of nitrogens with one attached hydrogen (secondary N) is 2. The van der Waals surface area contributed by atoms with Gasteiger partial charge in [0.05, 0.1) is 12.1 Å². The first-order valence-electron chi connectivity index (χ1n) is 9.61. The van der Waals surface area contributed by atoms with Crippen LogP contribution in [0, 0.1) is 0 Å². The number of nitrogens with two attached hydrogens (primary N) is 3. The number of aliphatic hydroxyl groups excluding tert-OH is 1. The topological polar surface area (TPSA) is 226 Å². The summed E-state index contributed by atoms with van der Waals surface area (Å²) in [5.41, 5.74) is 17.2. The molecule has 172 valence electrons. The molecule has 1 rings (SSSR count). The summed E-state index contributed by atoms with van der Waals surface area (Å²) in [5.74, 6) is -2.88. The normalized spacial score (nSPS) is 14.5. The number of rotatable bonds is 12. The molecule has 12 heteroatoms. The van der Waals surface area contributed by atoms with Gasteiger partial charge in [-0.15, -0.1) is 0 Å². The zero-order valence-corrected chi connectivity index (χ0v) is 17.2. The predicted octanol–water partition coefficient (Wildman–Crippen LogP) is -2.25. The molecule has 0 saturated carbocycles. The molecule has 0 aliphatic heterocycles. The maximum Gasteiger partial charge on any atom is 0.328 e. The molecule has 0 aliphatic rings. The highest BCUT2D eigenvalue weighted by Crippen LogP contribution is 2.11. The largest absolute Gasteiger partial charge is 0.508 e. The van der Waals surface area contributed by atoms with Crippen molar-refractivity contribution in [2.24, 2.45) is 22.2 Å². The molecule has 1 aromatic carbocycles. The fourth-order valence-corrected chi connectivity index (χ4v) is 2.67. The van der Waals surface area contributed by atoms with Crippen LogP contribution in [0.5, 0.6) is 5.75 Å². The third-order valence-corrected chi connectivity index (χ3v) is 4.35. The van der Waals surface area contributed by atoms with Crippen molar-refractivity contribution in [3.05, 3.63) is 29.8 Å². The number of nitrogens with zero attached hydrogens (tertiary/aromatic N) is 1. The van der Waals surface area contributed by atoms with Gasteiger partial charge in [0.2, 0.25) is 11.8 Å². The van der Waals surface area contributed by atoms with Gasteiger partial charge in [0.25, 0.3) is 0 Å². The van der Waals surface area contributed by atoms with Gasteiger partial charge in [0, 0.05) is 6.54 Å². The summed E-state index contributed by atoms with van der Waals surface area (Å²) in [6, 6.07) is 2.49. The summed E-state index contributed by atoms with van der Waals surface area (Å²) in [6.45, 7) is 1.42. The number of hydrogen-bond donors (Lipinski definition) is 8. The van der Waals surface area contributed by atoms with Gasteiger partial charge in [-0.2, -0.15) is 0 Å². The monoisotopic (exact) mass is 438 g/mol. The molecule has 0 unspecified atom stereocenters. The number of carbonyl (C=O) groups is 3. The molecule has 31 heavy (non-hydrogen) atoms. The Hall–Kier alpha value is -3.38. The Morgan fingerprint density at radius 3 is 2.23 bits per heavy atom. The lowest BCUT2D eigenvalue weighted by atomic mass is 10.0. The maximum atomic E-state index is 12.6. The molecule has 0 saturated heterocycles. The minimum Gasteiger partial charge on any atom is -0.508 e. The van der Waals surface area contributed by atoms with Crippen molar-refractivity contribution in [2.45, 2.75) is 50.4 Å². The average Bonchev–Trinajstić information content (AvgIpc) is 2.68. The Balaban J connectivity index is 2.84. The first-order chi connectivity index (χ1) is 14.5. The van der Waals surface area contributed by atoms with E-state index >= 15 is 0 Å². The number of aliphatic imine (C=N–C) groups is 1. The Kier molecular flexibility index (Phi) is 10.2. The highest BCUT2D eigenvalue weighted by molar-refractivity contribution is 5.92. The summed E-state index contributed by atoms with van der Waals surface area (Å²) in [6.07, 6.45) is -0.779. The van der Waals surface area contributed by atoms with E-state index in [0.29, 0.717) is 12.0 Å². The van der Waals surface area contributed by atoms with Gasteiger partial charge in [-0.1, -0.05) is 12.1 Å². The lowest BCUT2D eigenvalue weighted by molar-refractivity contribution is -0.145. The van der Waals surface area contributed by atoms with Crippen LogP contribution in [-0.2, 0) is 20.8 Å². The van der Waals surface area contributed by atoms with Crippen LogP contribution >= 0.6 is 0 Å². The number of carbonyl (C=O) groups excluding carboxylic acids is 2. The van der Waals surface area contributed by atoms with Crippen LogP contribution in [0.15, 0.2) is 29.3 Å². The van der Waals surface area contributed by atoms with E-state index in [9.17, 15) is 24.6 Å². The van der Waals surface area contributed by atoms with Crippen LogP contribution in [0.3, 0.4) is 0 Å². The Bertz CT molecular complexity index is 779. The first-order valence-corrected chi connectivity index (χ1v) is 9.61. The zero-order chi connectivity index (χ0) is 23.6. The number of aliphatic carboxylic acids is 1. The number of guanidine groups is 1. The number of phenols is 1. The second-order valence-corrected chi connectivity index (χ2v) is 7.05. The molecule has 1 aromatic rings. The van der Waals surface area contributed by atoms with Gasteiger partial charge in [0.15, 0.2) is 12.0 Å². The van der Waals surface area contributed by atoms with Crippen molar-refractivity contribution in [1.29, 1.82) is 0 Å². The zero-order valence-electron chi connectivity index (χ0n) is 17.2. The fourth-order valence-electron chi connectivity index (χ4n) is 2.67. The second kappa shape index (κ2) is 12.3. The molecule has 11 N–H and O–H groups in total. The van der Waals surface area contributed by atoms with Crippen LogP contribution in [0.2, 0.25) is 0 Å². The van der Waals surface area contributed by atoms with Crippen LogP contribution in [-0.4, -0.2) is 69.8 Å². The summed E-state index contributed by atoms with van der Waals surface area (Å²) >= 11 is 0. The first kappa shape index (κ1) is 25.7. The lowest BCUT2D eigenvalue weighted by Gasteiger charge is -2.24. The third-order valence-electron chi connectivity index (χ3n) is 4.35. The number of amides is 2. The molecule has 0 fully saturated rings. The van der Waals surface area contributed by atoms with Crippen LogP contribution in [0.25, 0.3) is 0 Å². The standard InChI is InChI=1S/C19H30N6O6/c1-10(26)15(18(30)31)25-17(29)14(3-2-8-23-19(21)22)24-16(28)13(20)9-11-4-6-12(27)7-5-11/h4-7,10,13-15,26-27H,2-3,8-9,20H2,1H3,(H,24,28)(H,25,29)(H,30,31)(H4,21,22,23)/t10-,13+,14+,15+/m1/s1. The fraction of sp³-hybridized carbons (Fsp3) is 0.474. The van der Waals surface area contributed by atoms with E-state index < -0.39 is 42.0 Å². The molecule has 4 atom stereocenters. The van der Waals surface area contributed by atoms with Crippen LogP contribution < -0.4 is 27.8 Å². The van der Waals surface area contributed by atoms with E-state index in [2.05, 4.69) is 15.6 Å². The molecule has 0 aliphatic carbocycles. The van der Waals surface area contributed by atoms with Crippen molar-refractivity contribution in [3.63, 3.8) is 0 Å². The number of benzene rings is 1. The lowest BCUT2D eigenvalue weighted by Crippen LogP contribution is -2.56. The molecular weight excluding hydrogens is 408 g/mol. The predicted molar refractivity (Wildman–Crippen MR) is 113 cm³/mol. The van der Waals surface area contributed by atoms with Gasteiger partial charge < -0.3 is 43.2 Å². The van der Waals surface area contributed by atoms with Gasteiger partial charge in [-0.25, -0.2) is 4.79 Å². The number of phenolic OH excluding ortho intramolecular Hbond substituents is 1. The van der Waals surface area contributed by atoms with Crippen molar-refractivity contribution in [2.75, 3.05) is 6.54 Å². The summed E-state index contributed by atoms with van der Waals surface area (Å²) < 4.78 is 0. The third kappa shape index (κ3) is 9.31. The number of carboxylic acid groups (broad SMARTS) is 1. The van der Waals surface area contributed by atoms with Gasteiger partial charge in [-0.05, 0) is 43.9 Å². The summed E-state index contributed by atoms with van der Waals surface area (Å²) in [7, 11) is 0. The number of hydrogen-bond acceptors (Lipinski definition) is 7. The van der Waals surface area contributed by atoms with Gasteiger partial charge >= 0.3 is 5.97 Å². The molecule has 0 aromatic heterocycles. The van der Waals surface area contributed by atoms with Gasteiger partial charge in [-0.3, -0.25) is 14.6 Å². The van der Waals surface area contributed by atoms with Crippen LogP contribution in [0.1, 0.15) is 25.3 Å². The van der Waals surface area contributed by atoms with Gasteiger partial charge in [0.1, 0.15) is 11.8 Å². The summed E-state index contributed by atoms with van der Waals surface area (Å²) in [4.78, 5) is 40.2. The van der Waals surface area contributed by atoms with E-state index in [1.165, 1.54) is 19.1 Å². The van der Waals surface area contributed by atoms with Crippen molar-refractivity contribution >= 4 is 23.7 Å². The molecule has 0 bridgehead atoms. The average molecular weight is 438 g/mol. The highest BCUT2D eigenvalue weighted by atomic mass is 16.4. The van der Waals surface area contributed by atoms with E-state index in [4.69, 9.17) is 22.3 Å². The SMILES string of the molecule is C[C@@H](O)[C@H](NC(=O)[C@H](CCCN=C(N)N)NC(=O)[C@@H](N)Cc1ccc(O)cc1)C(=O)O. The second-order valence-electron chi connectivity index (χ2n) is 7.05. The molecular formula is C19H30N6O6. The van der Waals surface area contributed by atoms with Crippen molar-refractivity contribution < 1.29 is 29.7 Å². The Labute approximate surface area is 179 Å². The van der Waals surface area contributed by atoms with E-state index in [1.807, 2.05) is 0 Å².